The summed E-state index contributed by atoms with van der Waals surface area (Å²) in [5, 5.41) is 2.63. The molecule has 32 heavy (non-hydrogen) atoms. The number of aromatic amines is 1. The summed E-state index contributed by atoms with van der Waals surface area (Å²) in [6.45, 7) is 0.0115. The first-order valence-electron chi connectivity index (χ1n) is 10.3. The normalized spacial score (nSPS) is 12.8. The third kappa shape index (κ3) is 4.88. The Morgan fingerprint density at radius 3 is 2.84 bits per heavy atom. The molecule has 0 spiro atoms. The second-order valence-corrected chi connectivity index (χ2v) is 8.49. The van der Waals surface area contributed by atoms with Gasteiger partial charge in [-0.05, 0) is 30.4 Å². The number of hydrogen-bond acceptors (Lipinski definition) is 6. The molecule has 0 saturated carbocycles. The van der Waals surface area contributed by atoms with Crippen LogP contribution in [0.2, 0.25) is 0 Å². The van der Waals surface area contributed by atoms with Gasteiger partial charge in [-0.15, -0.1) is 0 Å². The maximum absolute atomic E-state index is 12.6. The van der Waals surface area contributed by atoms with Gasteiger partial charge in [0.2, 0.25) is 5.91 Å². The lowest BCUT2D eigenvalue weighted by Gasteiger charge is -2.19. The standard InChI is InChI=1S/C23H22N4O4S/c28-20(16-5-3-4-15(12-16)18-6-1-2-9-24-18)13-25-21(29)7-10-27-19-8-11-32-14-17(19)22(30)26-23(27)31/h1-6,9,12H,7-8,10-11,13-14H2,(H,25,29)(H,26,30,31). The zero-order valence-electron chi connectivity index (χ0n) is 17.3. The summed E-state index contributed by atoms with van der Waals surface area (Å²) in [6.07, 6.45) is 2.34. The fourth-order valence-corrected chi connectivity index (χ4v) is 4.62. The van der Waals surface area contributed by atoms with Crippen molar-refractivity contribution in [3.8, 4) is 11.3 Å². The van der Waals surface area contributed by atoms with Crippen LogP contribution in [0.4, 0.5) is 0 Å². The molecule has 164 valence electrons. The number of amides is 1. The van der Waals surface area contributed by atoms with Gasteiger partial charge in [-0.25, -0.2) is 4.79 Å². The van der Waals surface area contributed by atoms with Crippen molar-refractivity contribution in [3.63, 3.8) is 0 Å². The van der Waals surface area contributed by atoms with E-state index < -0.39 is 5.69 Å². The average Bonchev–Trinajstić information content (AvgIpc) is 2.83. The fourth-order valence-electron chi connectivity index (χ4n) is 3.64. The summed E-state index contributed by atoms with van der Waals surface area (Å²) in [4.78, 5) is 55.7. The molecule has 0 saturated heterocycles. The van der Waals surface area contributed by atoms with Gasteiger partial charge in [0, 0.05) is 47.3 Å². The molecule has 9 heteroatoms. The average molecular weight is 451 g/mol. The van der Waals surface area contributed by atoms with Gasteiger partial charge in [0.05, 0.1) is 12.2 Å². The predicted molar refractivity (Wildman–Crippen MR) is 123 cm³/mol. The number of ketones is 1. The molecule has 0 aliphatic carbocycles. The maximum Gasteiger partial charge on any atom is 0.328 e. The SMILES string of the molecule is O=C(CCn1c2c(c(=O)[nH]c1=O)CSCC2)NCC(=O)c1cccc(-c2ccccn2)c1. The van der Waals surface area contributed by atoms with Crippen LogP contribution in [0.1, 0.15) is 28.0 Å². The van der Waals surface area contributed by atoms with Gasteiger partial charge >= 0.3 is 5.69 Å². The van der Waals surface area contributed by atoms with Gasteiger partial charge in [0.25, 0.3) is 5.56 Å². The van der Waals surface area contributed by atoms with Gasteiger partial charge < -0.3 is 5.32 Å². The van der Waals surface area contributed by atoms with Crippen LogP contribution in [0.15, 0.2) is 58.3 Å². The number of H-pyrrole nitrogens is 1. The Kier molecular flexibility index (Phi) is 6.65. The van der Waals surface area contributed by atoms with Crippen molar-refractivity contribution in [2.45, 2.75) is 25.1 Å². The highest BCUT2D eigenvalue weighted by Gasteiger charge is 2.19. The Hall–Kier alpha value is -3.46. The first-order valence-corrected chi connectivity index (χ1v) is 11.4. The van der Waals surface area contributed by atoms with E-state index in [1.54, 1.807) is 36.2 Å². The number of rotatable bonds is 7. The zero-order chi connectivity index (χ0) is 22.5. The first kappa shape index (κ1) is 21.8. The van der Waals surface area contributed by atoms with Crippen molar-refractivity contribution in [3.05, 3.63) is 86.3 Å². The smallest absolute Gasteiger partial charge is 0.328 e. The molecule has 0 radical (unpaired) electrons. The number of Topliss-reactive ketones (excluding diaryl/α,β-unsaturated/α-hetero) is 1. The van der Waals surface area contributed by atoms with E-state index in [0.717, 1.165) is 17.0 Å². The lowest BCUT2D eigenvalue weighted by Crippen LogP contribution is -2.38. The molecule has 1 aliphatic rings. The largest absolute Gasteiger partial charge is 0.349 e. The third-order valence-corrected chi connectivity index (χ3v) is 6.28. The molecule has 0 atom stereocenters. The van der Waals surface area contributed by atoms with Crippen LogP contribution >= 0.6 is 11.8 Å². The zero-order valence-corrected chi connectivity index (χ0v) is 18.1. The van der Waals surface area contributed by atoms with E-state index in [4.69, 9.17) is 0 Å². The highest BCUT2D eigenvalue weighted by atomic mass is 32.2. The van der Waals surface area contributed by atoms with Crippen LogP contribution in [0.3, 0.4) is 0 Å². The van der Waals surface area contributed by atoms with E-state index >= 15 is 0 Å². The topological polar surface area (TPSA) is 114 Å². The van der Waals surface area contributed by atoms with Crippen molar-refractivity contribution >= 4 is 23.5 Å². The van der Waals surface area contributed by atoms with Crippen molar-refractivity contribution in [1.29, 1.82) is 0 Å². The number of benzene rings is 1. The Bertz CT molecular complexity index is 1270. The summed E-state index contributed by atoms with van der Waals surface area (Å²) in [5.74, 6) is 0.834. The summed E-state index contributed by atoms with van der Waals surface area (Å²) in [5.41, 5.74) is 2.52. The van der Waals surface area contributed by atoms with Crippen LogP contribution in [-0.4, -0.2) is 38.5 Å². The molecule has 1 aromatic carbocycles. The molecule has 4 rings (SSSR count). The van der Waals surface area contributed by atoms with E-state index in [9.17, 15) is 19.2 Å². The Morgan fingerprint density at radius 2 is 2.03 bits per heavy atom. The summed E-state index contributed by atoms with van der Waals surface area (Å²) in [7, 11) is 0. The quantitative estimate of drug-likeness (QED) is 0.531. The van der Waals surface area contributed by atoms with E-state index in [0.29, 0.717) is 29.0 Å². The summed E-state index contributed by atoms with van der Waals surface area (Å²) in [6, 6.07) is 12.7. The van der Waals surface area contributed by atoms with Gasteiger partial charge in [-0.3, -0.25) is 28.9 Å². The maximum atomic E-state index is 12.6. The Balaban J connectivity index is 1.37. The number of fused-ring (bicyclic) bond motifs is 1. The monoisotopic (exact) mass is 450 g/mol. The number of nitrogens with zero attached hydrogens (tertiary/aromatic N) is 2. The second-order valence-electron chi connectivity index (χ2n) is 7.38. The van der Waals surface area contributed by atoms with Gasteiger partial charge in [-0.2, -0.15) is 11.8 Å². The first-order chi connectivity index (χ1) is 15.5. The summed E-state index contributed by atoms with van der Waals surface area (Å²) >= 11 is 1.64. The second kappa shape index (κ2) is 9.78. The van der Waals surface area contributed by atoms with Crippen LogP contribution in [0.5, 0.6) is 0 Å². The van der Waals surface area contributed by atoms with Gasteiger partial charge in [0.15, 0.2) is 5.78 Å². The Labute approximate surface area is 188 Å². The lowest BCUT2D eigenvalue weighted by atomic mass is 10.0. The number of pyridine rings is 1. The minimum atomic E-state index is -0.504. The van der Waals surface area contributed by atoms with Crippen molar-refractivity contribution in [1.82, 2.24) is 19.9 Å². The van der Waals surface area contributed by atoms with Crippen LogP contribution in [0.25, 0.3) is 11.3 Å². The number of thioether (sulfide) groups is 1. The number of carbonyl (C=O) groups excluding carboxylic acids is 2. The molecule has 2 aromatic heterocycles. The number of hydrogen-bond donors (Lipinski definition) is 2. The number of carbonyl (C=O) groups is 2. The third-order valence-electron chi connectivity index (χ3n) is 5.30. The van der Waals surface area contributed by atoms with Crippen LogP contribution < -0.4 is 16.6 Å². The van der Waals surface area contributed by atoms with E-state index in [1.165, 1.54) is 4.57 Å². The predicted octanol–water partition coefficient (Wildman–Crippen LogP) is 1.78. The van der Waals surface area contributed by atoms with Crippen molar-refractivity contribution in [2.24, 2.45) is 0 Å². The molecular weight excluding hydrogens is 428 g/mol. The van der Waals surface area contributed by atoms with E-state index in [-0.39, 0.29) is 36.8 Å². The molecule has 0 bridgehead atoms. The van der Waals surface area contributed by atoms with Crippen molar-refractivity contribution < 1.29 is 9.59 Å². The van der Waals surface area contributed by atoms with Crippen LogP contribution in [0, 0.1) is 0 Å². The lowest BCUT2D eigenvalue weighted by molar-refractivity contribution is -0.121. The molecule has 1 aliphatic heterocycles. The van der Waals surface area contributed by atoms with E-state index in [2.05, 4.69) is 15.3 Å². The minimum absolute atomic E-state index is 0.0345. The molecular formula is C23H22N4O4S. The molecule has 3 heterocycles. The summed E-state index contributed by atoms with van der Waals surface area (Å²) < 4.78 is 1.47. The highest BCUT2D eigenvalue weighted by Crippen LogP contribution is 2.20. The van der Waals surface area contributed by atoms with E-state index in [1.807, 2.05) is 24.3 Å². The van der Waals surface area contributed by atoms with Crippen LogP contribution in [-0.2, 0) is 23.5 Å². The van der Waals surface area contributed by atoms with Gasteiger partial charge in [-0.1, -0.05) is 24.3 Å². The highest BCUT2D eigenvalue weighted by molar-refractivity contribution is 7.98. The van der Waals surface area contributed by atoms with Gasteiger partial charge in [0.1, 0.15) is 0 Å². The van der Waals surface area contributed by atoms with Crippen molar-refractivity contribution in [2.75, 3.05) is 12.3 Å². The molecule has 8 nitrogen and oxygen atoms in total. The molecule has 1 amide bonds. The molecule has 2 N–H and O–H groups in total. The molecule has 0 unspecified atom stereocenters. The fraction of sp³-hybridized carbons (Fsp3) is 0.261. The number of nitrogens with one attached hydrogen (secondary N) is 2. The minimum Gasteiger partial charge on any atom is -0.349 e. The number of aromatic nitrogens is 3. The Morgan fingerprint density at radius 1 is 1.16 bits per heavy atom. The molecule has 3 aromatic rings. The molecule has 0 fully saturated rings.